The van der Waals surface area contributed by atoms with E-state index >= 15 is 0 Å². The van der Waals surface area contributed by atoms with Gasteiger partial charge in [0.25, 0.3) is 0 Å². The van der Waals surface area contributed by atoms with E-state index in [1.54, 1.807) is 6.20 Å². The van der Waals surface area contributed by atoms with E-state index in [1.807, 2.05) is 47.3 Å². The molecule has 0 aliphatic carbocycles. The first-order chi connectivity index (χ1) is 11.6. The van der Waals surface area contributed by atoms with Crippen LogP contribution < -0.4 is 11.1 Å². The number of aromatic nitrogens is 2. The summed E-state index contributed by atoms with van der Waals surface area (Å²) in [5.74, 6) is 0.411. The summed E-state index contributed by atoms with van der Waals surface area (Å²) in [6.07, 6.45) is 3.68. The lowest BCUT2D eigenvalue weighted by molar-refractivity contribution is 0.878. The fraction of sp³-hybridized carbons (Fsp3) is 0.158. The highest BCUT2D eigenvalue weighted by Crippen LogP contribution is 2.14. The van der Waals surface area contributed by atoms with Gasteiger partial charge in [-0.1, -0.05) is 18.2 Å². The Kier molecular flexibility index (Phi) is 6.58. The SMILES string of the molecule is Cc1ccc(NC(N)=NCc2ccc(-n3cccn3)cc2)cc1C.I. The molecule has 1 aromatic heterocycles. The molecular formula is C19H22IN5. The Morgan fingerprint density at radius 2 is 1.88 bits per heavy atom. The summed E-state index contributed by atoms with van der Waals surface area (Å²) in [4.78, 5) is 4.40. The number of nitrogens with two attached hydrogens (primary N) is 1. The fourth-order valence-electron chi connectivity index (χ4n) is 2.36. The van der Waals surface area contributed by atoms with E-state index in [2.05, 4.69) is 41.4 Å². The number of aliphatic imine (C=N–C) groups is 1. The summed E-state index contributed by atoms with van der Waals surface area (Å²) in [5, 5.41) is 7.34. The number of benzene rings is 2. The topological polar surface area (TPSA) is 68.2 Å². The molecule has 0 saturated carbocycles. The van der Waals surface area contributed by atoms with E-state index in [9.17, 15) is 0 Å². The van der Waals surface area contributed by atoms with E-state index in [0.717, 1.165) is 16.9 Å². The number of anilines is 1. The van der Waals surface area contributed by atoms with E-state index in [0.29, 0.717) is 12.5 Å². The zero-order valence-electron chi connectivity index (χ0n) is 14.3. The molecule has 0 fully saturated rings. The van der Waals surface area contributed by atoms with E-state index < -0.39 is 0 Å². The van der Waals surface area contributed by atoms with Crippen LogP contribution in [0.25, 0.3) is 5.69 Å². The maximum atomic E-state index is 5.97. The number of guanidine groups is 1. The largest absolute Gasteiger partial charge is 0.370 e. The number of hydrogen-bond acceptors (Lipinski definition) is 2. The first-order valence-corrected chi connectivity index (χ1v) is 7.85. The van der Waals surface area contributed by atoms with Crippen molar-refractivity contribution >= 4 is 35.6 Å². The van der Waals surface area contributed by atoms with Crippen LogP contribution in [-0.2, 0) is 6.54 Å². The minimum absolute atomic E-state index is 0. The molecule has 0 saturated heterocycles. The number of rotatable bonds is 4. The molecule has 3 aromatic rings. The van der Waals surface area contributed by atoms with Crippen LogP contribution in [0.5, 0.6) is 0 Å². The minimum Gasteiger partial charge on any atom is -0.370 e. The number of hydrogen-bond donors (Lipinski definition) is 2. The molecule has 25 heavy (non-hydrogen) atoms. The third kappa shape index (κ3) is 5.06. The van der Waals surface area contributed by atoms with Gasteiger partial charge in [0.2, 0.25) is 0 Å². The van der Waals surface area contributed by atoms with Crippen LogP contribution in [0.4, 0.5) is 5.69 Å². The Morgan fingerprint density at radius 3 is 2.52 bits per heavy atom. The second-order valence-electron chi connectivity index (χ2n) is 5.74. The van der Waals surface area contributed by atoms with Crippen molar-refractivity contribution < 1.29 is 0 Å². The van der Waals surface area contributed by atoms with Crippen LogP contribution in [0.2, 0.25) is 0 Å². The smallest absolute Gasteiger partial charge is 0.193 e. The van der Waals surface area contributed by atoms with Gasteiger partial charge in [0, 0.05) is 18.1 Å². The zero-order chi connectivity index (χ0) is 16.9. The van der Waals surface area contributed by atoms with Crippen molar-refractivity contribution in [2.24, 2.45) is 10.7 Å². The Hall–Kier alpha value is -2.35. The van der Waals surface area contributed by atoms with Crippen LogP contribution in [0, 0.1) is 13.8 Å². The van der Waals surface area contributed by atoms with Crippen molar-refractivity contribution in [2.75, 3.05) is 5.32 Å². The van der Waals surface area contributed by atoms with Gasteiger partial charge >= 0.3 is 0 Å². The first kappa shape index (κ1) is 19.0. The molecule has 5 nitrogen and oxygen atoms in total. The third-order valence-corrected chi connectivity index (χ3v) is 3.92. The van der Waals surface area contributed by atoms with Crippen LogP contribution in [0.3, 0.4) is 0 Å². The Labute approximate surface area is 165 Å². The fourth-order valence-corrected chi connectivity index (χ4v) is 2.36. The van der Waals surface area contributed by atoms with Gasteiger partial charge in [0.05, 0.1) is 12.2 Å². The van der Waals surface area contributed by atoms with Gasteiger partial charge in [0.1, 0.15) is 0 Å². The van der Waals surface area contributed by atoms with Gasteiger partial charge in [-0.3, -0.25) is 0 Å². The maximum Gasteiger partial charge on any atom is 0.193 e. The van der Waals surface area contributed by atoms with Crippen LogP contribution in [0.15, 0.2) is 65.9 Å². The quantitative estimate of drug-likeness (QED) is 0.361. The van der Waals surface area contributed by atoms with E-state index in [-0.39, 0.29) is 24.0 Å². The van der Waals surface area contributed by atoms with Crippen molar-refractivity contribution in [1.82, 2.24) is 9.78 Å². The molecule has 1 heterocycles. The maximum absolute atomic E-state index is 5.97. The molecule has 2 aromatic carbocycles. The summed E-state index contributed by atoms with van der Waals surface area (Å²) >= 11 is 0. The van der Waals surface area contributed by atoms with Gasteiger partial charge in [-0.15, -0.1) is 24.0 Å². The highest BCUT2D eigenvalue weighted by Gasteiger charge is 1.99. The average molecular weight is 447 g/mol. The normalized spacial score (nSPS) is 11.0. The van der Waals surface area contributed by atoms with Gasteiger partial charge < -0.3 is 11.1 Å². The molecule has 0 aliphatic rings. The first-order valence-electron chi connectivity index (χ1n) is 7.85. The summed E-state index contributed by atoms with van der Waals surface area (Å²) in [6.45, 7) is 4.70. The molecule has 0 bridgehead atoms. The second kappa shape index (κ2) is 8.66. The van der Waals surface area contributed by atoms with Crippen LogP contribution in [0.1, 0.15) is 16.7 Å². The average Bonchev–Trinajstić information content (AvgIpc) is 3.11. The number of aryl methyl sites for hydroxylation is 2. The predicted octanol–water partition coefficient (Wildman–Crippen LogP) is 4.03. The molecule has 3 rings (SSSR count). The summed E-state index contributed by atoms with van der Waals surface area (Å²) < 4.78 is 1.82. The lowest BCUT2D eigenvalue weighted by Gasteiger charge is -2.08. The monoisotopic (exact) mass is 447 g/mol. The number of halogens is 1. The van der Waals surface area contributed by atoms with Crippen molar-refractivity contribution in [3.8, 4) is 5.69 Å². The lowest BCUT2D eigenvalue weighted by Crippen LogP contribution is -2.22. The molecular weight excluding hydrogens is 425 g/mol. The van der Waals surface area contributed by atoms with Gasteiger partial charge in [-0.05, 0) is 60.9 Å². The van der Waals surface area contributed by atoms with Crippen LogP contribution in [-0.4, -0.2) is 15.7 Å². The van der Waals surface area contributed by atoms with Crippen molar-refractivity contribution in [3.63, 3.8) is 0 Å². The van der Waals surface area contributed by atoms with Crippen molar-refractivity contribution in [1.29, 1.82) is 0 Å². The molecule has 0 radical (unpaired) electrons. The van der Waals surface area contributed by atoms with Crippen LogP contribution >= 0.6 is 24.0 Å². The summed E-state index contributed by atoms with van der Waals surface area (Å²) in [7, 11) is 0. The van der Waals surface area contributed by atoms with E-state index in [4.69, 9.17) is 5.73 Å². The van der Waals surface area contributed by atoms with Crippen molar-refractivity contribution in [3.05, 3.63) is 77.6 Å². The molecule has 0 aliphatic heterocycles. The Morgan fingerprint density at radius 1 is 1.12 bits per heavy atom. The van der Waals surface area contributed by atoms with E-state index in [1.165, 1.54) is 11.1 Å². The van der Waals surface area contributed by atoms with Gasteiger partial charge in [-0.25, -0.2) is 9.67 Å². The molecule has 0 amide bonds. The van der Waals surface area contributed by atoms with Crippen molar-refractivity contribution in [2.45, 2.75) is 20.4 Å². The zero-order valence-corrected chi connectivity index (χ0v) is 16.6. The number of nitrogens with one attached hydrogen (secondary N) is 1. The third-order valence-electron chi connectivity index (χ3n) is 3.92. The minimum atomic E-state index is 0. The highest BCUT2D eigenvalue weighted by atomic mass is 127. The summed E-state index contributed by atoms with van der Waals surface area (Å²) in [6, 6.07) is 16.1. The second-order valence-corrected chi connectivity index (χ2v) is 5.74. The molecule has 6 heteroatoms. The Bertz CT molecular complexity index is 839. The lowest BCUT2D eigenvalue weighted by atomic mass is 10.1. The predicted molar refractivity (Wildman–Crippen MR) is 114 cm³/mol. The highest BCUT2D eigenvalue weighted by molar-refractivity contribution is 14.0. The van der Waals surface area contributed by atoms with Gasteiger partial charge in [-0.2, -0.15) is 5.10 Å². The molecule has 130 valence electrons. The standard InChI is InChI=1S/C19H21N5.HI/c1-14-4-7-17(12-15(14)2)23-19(20)21-13-16-5-8-18(9-6-16)24-11-3-10-22-24;/h3-12H,13H2,1-2H3,(H3,20,21,23);1H. The molecule has 0 atom stereocenters. The number of nitrogens with zero attached hydrogens (tertiary/aromatic N) is 3. The molecule has 3 N–H and O–H groups in total. The summed E-state index contributed by atoms with van der Waals surface area (Å²) in [5.41, 5.74) is 11.5. The molecule has 0 unspecified atom stereocenters. The van der Waals surface area contributed by atoms with Gasteiger partial charge in [0.15, 0.2) is 5.96 Å². The molecule has 0 spiro atoms. The Balaban J connectivity index is 0.00000225.